The first-order chi connectivity index (χ1) is 13.8. The fraction of sp³-hybridized carbons (Fsp3) is 0.467. The normalized spacial score (nSPS) is 23.7. The van der Waals surface area contributed by atoms with Gasteiger partial charge in [-0.25, -0.2) is 4.79 Å². The number of hydrogen-bond acceptors (Lipinski definition) is 11. The number of β-lactam (4-membered cyclic amide) rings is 1. The third-order valence-corrected chi connectivity index (χ3v) is 6.12. The van der Waals surface area contributed by atoms with Crippen molar-refractivity contribution in [3.8, 4) is 0 Å². The van der Waals surface area contributed by atoms with Crippen molar-refractivity contribution in [2.45, 2.75) is 30.0 Å². The number of hydrogen-bond donors (Lipinski definition) is 4. The lowest BCUT2D eigenvalue weighted by molar-refractivity contribution is -0.144. The SMILES string of the molecule is CC1S[C@@H]2C(NC(=O)C(=NOCCCN)c3nsc(N)n3)C(=O)N2C=C1C(=O)O. The Bertz CT molecular complexity index is 886. The van der Waals surface area contributed by atoms with Gasteiger partial charge in [0.05, 0.1) is 5.57 Å². The molecule has 0 saturated carbocycles. The molecule has 0 aromatic carbocycles. The molecular weight excluding hydrogens is 422 g/mol. The van der Waals surface area contributed by atoms with Gasteiger partial charge >= 0.3 is 5.97 Å². The maximum absolute atomic E-state index is 12.7. The van der Waals surface area contributed by atoms with Gasteiger partial charge in [-0.3, -0.25) is 9.59 Å². The first kappa shape index (κ1) is 21.0. The molecule has 12 nitrogen and oxygen atoms in total. The highest BCUT2D eigenvalue weighted by molar-refractivity contribution is 8.00. The molecule has 1 aromatic rings. The Hall–Kier alpha value is -2.71. The van der Waals surface area contributed by atoms with Crippen LogP contribution in [0, 0.1) is 0 Å². The lowest BCUT2D eigenvalue weighted by Gasteiger charge is -2.48. The number of anilines is 1. The number of oxime groups is 1. The minimum absolute atomic E-state index is 0.0147. The Morgan fingerprint density at radius 3 is 2.86 bits per heavy atom. The molecule has 1 saturated heterocycles. The van der Waals surface area contributed by atoms with Crippen LogP contribution in [0.25, 0.3) is 0 Å². The number of carboxylic acids is 1. The minimum atomic E-state index is -1.08. The van der Waals surface area contributed by atoms with Gasteiger partial charge in [-0.15, -0.1) is 11.8 Å². The minimum Gasteiger partial charge on any atom is -0.478 e. The van der Waals surface area contributed by atoms with Gasteiger partial charge in [-0.05, 0) is 19.9 Å². The van der Waals surface area contributed by atoms with Gasteiger partial charge < -0.3 is 31.6 Å². The molecule has 2 unspecified atom stereocenters. The standard InChI is InChI=1S/C15H19N7O5S2/c1-6-7(14(25)26)5-22-12(24)9(13(22)28-6)18-11(23)8(20-27-4-2-3-16)10-19-15(17)29-21-10/h5-6,9,13H,2-4,16H2,1H3,(H,18,23)(H,25,26)(H2,17,19,21)/t6?,9?,13-/m1/s1. The Kier molecular flexibility index (Phi) is 6.34. The molecule has 29 heavy (non-hydrogen) atoms. The molecule has 3 atom stereocenters. The highest BCUT2D eigenvalue weighted by Crippen LogP contribution is 2.40. The summed E-state index contributed by atoms with van der Waals surface area (Å²) in [6.45, 7) is 2.32. The summed E-state index contributed by atoms with van der Waals surface area (Å²) in [6, 6.07) is -0.841. The largest absolute Gasteiger partial charge is 0.478 e. The molecule has 0 spiro atoms. The maximum atomic E-state index is 12.7. The van der Waals surface area contributed by atoms with Crippen molar-refractivity contribution in [3.05, 3.63) is 17.6 Å². The first-order valence-electron chi connectivity index (χ1n) is 8.56. The molecule has 0 bridgehead atoms. The summed E-state index contributed by atoms with van der Waals surface area (Å²) in [5.74, 6) is -2.22. The number of nitrogens with two attached hydrogens (primary N) is 2. The Morgan fingerprint density at radius 1 is 1.48 bits per heavy atom. The highest BCUT2D eigenvalue weighted by Gasteiger charge is 2.52. The predicted molar refractivity (Wildman–Crippen MR) is 106 cm³/mol. The highest BCUT2D eigenvalue weighted by atomic mass is 32.2. The van der Waals surface area contributed by atoms with Crippen LogP contribution < -0.4 is 16.8 Å². The molecule has 3 heterocycles. The van der Waals surface area contributed by atoms with Crippen LogP contribution in [0.5, 0.6) is 0 Å². The van der Waals surface area contributed by atoms with Crippen LogP contribution in [0.4, 0.5) is 5.13 Å². The number of carbonyl (C=O) groups excluding carboxylic acids is 2. The van der Waals surface area contributed by atoms with E-state index < -0.39 is 29.2 Å². The molecule has 156 valence electrons. The Morgan fingerprint density at radius 2 is 2.24 bits per heavy atom. The number of thioether (sulfide) groups is 1. The number of rotatable bonds is 8. The molecule has 2 amide bonds. The number of nitrogen functional groups attached to an aromatic ring is 1. The van der Waals surface area contributed by atoms with Gasteiger partial charge in [0.15, 0.2) is 5.13 Å². The number of carbonyl (C=O) groups is 3. The van der Waals surface area contributed by atoms with Crippen molar-refractivity contribution in [3.63, 3.8) is 0 Å². The van der Waals surface area contributed by atoms with Crippen LogP contribution in [0.3, 0.4) is 0 Å². The van der Waals surface area contributed by atoms with Crippen molar-refractivity contribution in [2.75, 3.05) is 18.9 Å². The average molecular weight is 441 g/mol. The lowest BCUT2D eigenvalue weighted by Crippen LogP contribution is -2.69. The molecule has 2 aliphatic rings. The van der Waals surface area contributed by atoms with Crippen molar-refractivity contribution in [1.29, 1.82) is 0 Å². The van der Waals surface area contributed by atoms with E-state index in [0.29, 0.717) is 13.0 Å². The summed E-state index contributed by atoms with van der Waals surface area (Å²) in [4.78, 5) is 46.7. The van der Waals surface area contributed by atoms with Gasteiger partial charge in [-0.2, -0.15) is 9.36 Å². The maximum Gasteiger partial charge on any atom is 0.334 e. The van der Waals surface area contributed by atoms with Crippen molar-refractivity contribution >= 4 is 51.9 Å². The summed E-state index contributed by atoms with van der Waals surface area (Å²) < 4.78 is 3.96. The lowest BCUT2D eigenvalue weighted by atomic mass is 10.1. The van der Waals surface area contributed by atoms with Gasteiger partial charge in [0.2, 0.25) is 11.5 Å². The van der Waals surface area contributed by atoms with Crippen LogP contribution in [0.15, 0.2) is 16.9 Å². The summed E-state index contributed by atoms with van der Waals surface area (Å²) in [6.07, 6.45) is 1.85. The van der Waals surface area contributed by atoms with E-state index in [9.17, 15) is 19.5 Å². The molecule has 0 aliphatic carbocycles. The molecule has 6 N–H and O–H groups in total. The van der Waals surface area contributed by atoms with Gasteiger partial charge in [0.25, 0.3) is 11.8 Å². The summed E-state index contributed by atoms with van der Waals surface area (Å²) in [5.41, 5.74) is 10.9. The van der Waals surface area contributed by atoms with E-state index in [-0.39, 0.29) is 34.1 Å². The van der Waals surface area contributed by atoms with Gasteiger partial charge in [0, 0.05) is 23.0 Å². The average Bonchev–Trinajstić information content (AvgIpc) is 3.11. The third-order valence-electron chi connectivity index (χ3n) is 4.14. The van der Waals surface area contributed by atoms with Crippen LogP contribution in [-0.4, -0.2) is 72.7 Å². The number of aromatic nitrogens is 2. The van der Waals surface area contributed by atoms with E-state index in [1.54, 1.807) is 6.92 Å². The summed E-state index contributed by atoms with van der Waals surface area (Å²) in [7, 11) is 0. The van der Waals surface area contributed by atoms with E-state index in [2.05, 4.69) is 19.8 Å². The number of nitrogens with zero attached hydrogens (tertiary/aromatic N) is 4. The fourth-order valence-electron chi connectivity index (χ4n) is 2.65. The van der Waals surface area contributed by atoms with E-state index in [4.69, 9.17) is 16.3 Å². The molecule has 3 rings (SSSR count). The predicted octanol–water partition coefficient (Wildman–Crippen LogP) is -1.05. The molecule has 1 aromatic heterocycles. The summed E-state index contributed by atoms with van der Waals surface area (Å²) >= 11 is 2.16. The van der Waals surface area contributed by atoms with Crippen LogP contribution in [-0.2, 0) is 19.2 Å². The zero-order valence-corrected chi connectivity index (χ0v) is 16.9. The summed E-state index contributed by atoms with van der Waals surface area (Å²) in [5, 5.41) is 15.0. The third kappa shape index (κ3) is 4.33. The fourth-order valence-corrected chi connectivity index (χ4v) is 4.45. The van der Waals surface area contributed by atoms with Gasteiger partial charge in [-0.1, -0.05) is 5.16 Å². The zero-order valence-electron chi connectivity index (χ0n) is 15.3. The van der Waals surface area contributed by atoms with Crippen molar-refractivity contribution < 1.29 is 24.3 Å². The second kappa shape index (κ2) is 8.75. The van der Waals surface area contributed by atoms with E-state index in [1.807, 2.05) is 0 Å². The molecule has 2 aliphatic heterocycles. The molecule has 14 heteroatoms. The number of amides is 2. The topological polar surface area (TPSA) is 186 Å². The Balaban J connectivity index is 1.73. The number of nitrogens with one attached hydrogen (secondary N) is 1. The molecular formula is C15H19N7O5S2. The van der Waals surface area contributed by atoms with E-state index in [0.717, 1.165) is 11.5 Å². The Labute approximate surface area is 173 Å². The van der Waals surface area contributed by atoms with E-state index in [1.165, 1.54) is 22.9 Å². The smallest absolute Gasteiger partial charge is 0.334 e. The van der Waals surface area contributed by atoms with Crippen molar-refractivity contribution in [2.24, 2.45) is 10.9 Å². The van der Waals surface area contributed by atoms with Crippen LogP contribution in [0.1, 0.15) is 19.2 Å². The van der Waals surface area contributed by atoms with Crippen LogP contribution in [0.2, 0.25) is 0 Å². The van der Waals surface area contributed by atoms with Crippen molar-refractivity contribution in [1.82, 2.24) is 19.6 Å². The molecule has 0 radical (unpaired) electrons. The number of carboxylic acid groups (broad SMARTS) is 1. The number of fused-ring (bicyclic) bond motifs is 1. The molecule has 1 fully saturated rings. The second-order valence-electron chi connectivity index (χ2n) is 6.13. The first-order valence-corrected chi connectivity index (χ1v) is 10.3. The zero-order chi connectivity index (χ0) is 21.1. The number of aliphatic carboxylic acids is 1. The van der Waals surface area contributed by atoms with Gasteiger partial charge in [0.1, 0.15) is 18.0 Å². The van der Waals surface area contributed by atoms with Crippen LogP contribution >= 0.6 is 23.3 Å². The van der Waals surface area contributed by atoms with E-state index >= 15 is 0 Å². The monoisotopic (exact) mass is 441 g/mol. The quantitative estimate of drug-likeness (QED) is 0.168. The second-order valence-corrected chi connectivity index (χ2v) is 8.37.